The van der Waals surface area contributed by atoms with Crippen LogP contribution in [0.2, 0.25) is 0 Å². The molecular weight excluding hydrogens is 267 g/mol. The Morgan fingerprint density at radius 3 is 2.62 bits per heavy atom. The molecule has 0 spiro atoms. The van der Waals surface area contributed by atoms with Gasteiger partial charge in [0.25, 0.3) is 0 Å². The van der Waals surface area contributed by atoms with E-state index in [-0.39, 0.29) is 11.2 Å². The Balaban J connectivity index is 2.10. The molecule has 0 amide bonds. The molecule has 1 fully saturated rings. The zero-order chi connectivity index (χ0) is 15.1. The SMILES string of the molecule is CCNCC1(CN(CC)c2ccc(F)cc2)CCCOC1. The standard InChI is InChI=1S/C17H27FN2O/c1-3-19-12-17(10-5-11-21-14-17)13-20(4-2)16-8-6-15(18)7-9-16/h6-9,19H,3-5,10-14H2,1-2H3. The third kappa shape index (κ3) is 4.42. The summed E-state index contributed by atoms with van der Waals surface area (Å²) in [5.41, 5.74) is 1.24. The summed E-state index contributed by atoms with van der Waals surface area (Å²) in [7, 11) is 0. The van der Waals surface area contributed by atoms with Crippen LogP contribution in [-0.4, -0.2) is 39.4 Å². The lowest BCUT2D eigenvalue weighted by molar-refractivity contribution is -0.00290. The average Bonchev–Trinajstić information content (AvgIpc) is 2.53. The second-order valence-corrected chi connectivity index (χ2v) is 5.93. The molecule has 1 unspecified atom stereocenters. The van der Waals surface area contributed by atoms with Gasteiger partial charge in [-0.15, -0.1) is 0 Å². The van der Waals surface area contributed by atoms with E-state index in [0.29, 0.717) is 0 Å². The minimum Gasteiger partial charge on any atom is -0.381 e. The maximum atomic E-state index is 13.1. The highest BCUT2D eigenvalue weighted by Gasteiger charge is 2.34. The lowest BCUT2D eigenvalue weighted by Gasteiger charge is -2.41. The van der Waals surface area contributed by atoms with Crippen molar-refractivity contribution >= 4 is 5.69 Å². The number of rotatable bonds is 7. The third-order valence-corrected chi connectivity index (χ3v) is 4.25. The monoisotopic (exact) mass is 294 g/mol. The number of hydrogen-bond donors (Lipinski definition) is 1. The number of ether oxygens (including phenoxy) is 1. The van der Waals surface area contributed by atoms with Crippen LogP contribution >= 0.6 is 0 Å². The van der Waals surface area contributed by atoms with Crippen LogP contribution < -0.4 is 10.2 Å². The zero-order valence-corrected chi connectivity index (χ0v) is 13.2. The molecule has 1 saturated heterocycles. The van der Waals surface area contributed by atoms with Crippen molar-refractivity contribution in [3.05, 3.63) is 30.1 Å². The summed E-state index contributed by atoms with van der Waals surface area (Å²) in [6, 6.07) is 6.80. The molecule has 0 saturated carbocycles. The molecule has 0 aromatic heterocycles. The van der Waals surface area contributed by atoms with Gasteiger partial charge < -0.3 is 15.0 Å². The maximum Gasteiger partial charge on any atom is 0.123 e. The summed E-state index contributed by atoms with van der Waals surface area (Å²) in [5.74, 6) is -0.182. The van der Waals surface area contributed by atoms with E-state index < -0.39 is 0 Å². The van der Waals surface area contributed by atoms with Gasteiger partial charge in [-0.3, -0.25) is 0 Å². The minimum atomic E-state index is -0.182. The molecule has 1 heterocycles. The average molecular weight is 294 g/mol. The number of nitrogens with one attached hydrogen (secondary N) is 1. The lowest BCUT2D eigenvalue weighted by atomic mass is 9.81. The topological polar surface area (TPSA) is 24.5 Å². The minimum absolute atomic E-state index is 0.151. The quantitative estimate of drug-likeness (QED) is 0.836. The molecule has 0 radical (unpaired) electrons. The normalized spacial score (nSPS) is 22.2. The van der Waals surface area contributed by atoms with Gasteiger partial charge in [-0.25, -0.2) is 4.39 Å². The van der Waals surface area contributed by atoms with Crippen molar-refractivity contribution in [2.24, 2.45) is 5.41 Å². The van der Waals surface area contributed by atoms with Crippen LogP contribution in [0.25, 0.3) is 0 Å². The van der Waals surface area contributed by atoms with Crippen molar-refractivity contribution in [2.45, 2.75) is 26.7 Å². The highest BCUT2D eigenvalue weighted by Crippen LogP contribution is 2.31. The molecule has 21 heavy (non-hydrogen) atoms. The number of nitrogens with zero attached hydrogens (tertiary/aromatic N) is 1. The van der Waals surface area contributed by atoms with Crippen molar-refractivity contribution in [3.63, 3.8) is 0 Å². The van der Waals surface area contributed by atoms with Crippen molar-refractivity contribution in [1.82, 2.24) is 5.32 Å². The predicted octanol–water partition coefficient (Wildman–Crippen LogP) is 3.06. The van der Waals surface area contributed by atoms with Gasteiger partial charge in [0.05, 0.1) is 6.61 Å². The Labute approximate surface area is 127 Å². The first-order valence-electron chi connectivity index (χ1n) is 7.98. The Hall–Kier alpha value is -1.13. The highest BCUT2D eigenvalue weighted by atomic mass is 19.1. The van der Waals surface area contributed by atoms with E-state index >= 15 is 0 Å². The first kappa shape index (κ1) is 16.2. The van der Waals surface area contributed by atoms with Crippen LogP contribution in [0, 0.1) is 11.2 Å². The van der Waals surface area contributed by atoms with Gasteiger partial charge in [0.15, 0.2) is 0 Å². The van der Waals surface area contributed by atoms with Crippen molar-refractivity contribution in [2.75, 3.05) is 44.3 Å². The fourth-order valence-electron chi connectivity index (χ4n) is 3.06. The smallest absolute Gasteiger partial charge is 0.123 e. The zero-order valence-electron chi connectivity index (χ0n) is 13.2. The number of halogens is 1. The third-order valence-electron chi connectivity index (χ3n) is 4.25. The molecular formula is C17H27FN2O. The molecule has 1 aliphatic rings. The fourth-order valence-corrected chi connectivity index (χ4v) is 3.06. The van der Waals surface area contributed by atoms with Crippen LogP contribution in [0.15, 0.2) is 24.3 Å². The van der Waals surface area contributed by atoms with E-state index in [0.717, 1.165) is 51.5 Å². The van der Waals surface area contributed by atoms with Crippen LogP contribution in [0.3, 0.4) is 0 Å². The Morgan fingerprint density at radius 2 is 2.05 bits per heavy atom. The van der Waals surface area contributed by atoms with E-state index in [9.17, 15) is 4.39 Å². The highest BCUT2D eigenvalue weighted by molar-refractivity contribution is 5.46. The molecule has 3 nitrogen and oxygen atoms in total. The van der Waals surface area contributed by atoms with Gasteiger partial charge in [0.2, 0.25) is 0 Å². The molecule has 1 N–H and O–H groups in total. The van der Waals surface area contributed by atoms with Crippen LogP contribution in [0.5, 0.6) is 0 Å². The number of benzene rings is 1. The second-order valence-electron chi connectivity index (χ2n) is 5.93. The van der Waals surface area contributed by atoms with Crippen molar-refractivity contribution < 1.29 is 9.13 Å². The largest absolute Gasteiger partial charge is 0.381 e. The summed E-state index contributed by atoms with van der Waals surface area (Å²) >= 11 is 0. The molecule has 118 valence electrons. The Kier molecular flexibility index (Phi) is 6.00. The van der Waals surface area contributed by atoms with Gasteiger partial charge in [0, 0.05) is 37.3 Å². The van der Waals surface area contributed by atoms with Crippen molar-refractivity contribution in [1.29, 1.82) is 0 Å². The van der Waals surface area contributed by atoms with Gasteiger partial charge in [0.1, 0.15) is 5.82 Å². The lowest BCUT2D eigenvalue weighted by Crippen LogP contribution is -2.49. The Morgan fingerprint density at radius 1 is 1.29 bits per heavy atom. The maximum absolute atomic E-state index is 13.1. The molecule has 1 aromatic rings. The number of hydrogen-bond acceptors (Lipinski definition) is 3. The van der Waals surface area contributed by atoms with E-state index in [1.165, 1.54) is 18.6 Å². The van der Waals surface area contributed by atoms with Gasteiger partial charge >= 0.3 is 0 Å². The van der Waals surface area contributed by atoms with E-state index in [2.05, 4.69) is 24.1 Å². The summed E-state index contributed by atoms with van der Waals surface area (Å²) < 4.78 is 18.9. The summed E-state index contributed by atoms with van der Waals surface area (Å²) in [6.07, 6.45) is 2.30. The Bertz CT molecular complexity index is 415. The van der Waals surface area contributed by atoms with Crippen LogP contribution in [-0.2, 0) is 4.74 Å². The summed E-state index contributed by atoms with van der Waals surface area (Å²) in [4.78, 5) is 2.32. The molecule has 0 bridgehead atoms. The molecule has 0 aliphatic carbocycles. The molecule has 2 rings (SSSR count). The summed E-state index contributed by atoms with van der Waals surface area (Å²) in [6.45, 7) is 9.77. The molecule has 1 aliphatic heterocycles. The second kappa shape index (κ2) is 7.76. The summed E-state index contributed by atoms with van der Waals surface area (Å²) in [5, 5.41) is 3.48. The first-order valence-corrected chi connectivity index (χ1v) is 7.98. The fraction of sp³-hybridized carbons (Fsp3) is 0.647. The molecule has 1 aromatic carbocycles. The first-order chi connectivity index (χ1) is 10.2. The predicted molar refractivity (Wildman–Crippen MR) is 85.3 cm³/mol. The van der Waals surface area contributed by atoms with Crippen LogP contribution in [0.1, 0.15) is 26.7 Å². The van der Waals surface area contributed by atoms with Gasteiger partial charge in [-0.2, -0.15) is 0 Å². The van der Waals surface area contributed by atoms with E-state index in [4.69, 9.17) is 4.74 Å². The van der Waals surface area contributed by atoms with Gasteiger partial charge in [-0.1, -0.05) is 6.92 Å². The molecule has 1 atom stereocenters. The van der Waals surface area contributed by atoms with E-state index in [1.54, 1.807) is 0 Å². The molecule has 4 heteroatoms. The van der Waals surface area contributed by atoms with E-state index in [1.807, 2.05) is 12.1 Å². The van der Waals surface area contributed by atoms with Gasteiger partial charge in [-0.05, 0) is 50.6 Å². The number of anilines is 1. The van der Waals surface area contributed by atoms with Crippen molar-refractivity contribution in [3.8, 4) is 0 Å². The van der Waals surface area contributed by atoms with Crippen LogP contribution in [0.4, 0.5) is 10.1 Å².